The van der Waals surface area contributed by atoms with E-state index in [1.807, 2.05) is 27.7 Å². The van der Waals surface area contributed by atoms with Gasteiger partial charge >= 0.3 is 27.7 Å². The molecule has 10 nitrogen and oxygen atoms in total. The third kappa shape index (κ3) is 9.95. The molecule has 0 rings (SSSR count). The maximum absolute atomic E-state index is 12.1. The number of rotatable bonds is 18. The van der Waals surface area contributed by atoms with Crippen LogP contribution in [0, 0.1) is 0 Å². The Kier molecular flexibility index (Phi) is 15.4. The zero-order chi connectivity index (χ0) is 24.6. The summed E-state index contributed by atoms with van der Waals surface area (Å²) in [4.78, 5) is 36.2. The molecule has 3 N–H and O–H groups in total. The van der Waals surface area contributed by atoms with Gasteiger partial charge in [0, 0.05) is 0 Å². The zero-order valence-electron chi connectivity index (χ0n) is 19.6. The highest BCUT2D eigenvalue weighted by Gasteiger charge is 2.52. The fourth-order valence-electron chi connectivity index (χ4n) is 3.20. The Hall–Kier alpha value is -1.53. The molecule has 0 aliphatic heterocycles. The molecule has 0 saturated carbocycles. The predicted molar refractivity (Wildman–Crippen MR) is 115 cm³/mol. The number of aliphatic hydroxyl groups is 3. The van der Waals surface area contributed by atoms with Crippen LogP contribution in [-0.4, -0.2) is 79.9 Å². The van der Waals surface area contributed by atoms with E-state index < -0.39 is 64.6 Å². The highest BCUT2D eigenvalue weighted by molar-refractivity contribution is 6.32. The average molecular weight is 479 g/mol. The molecule has 11 heteroatoms. The van der Waals surface area contributed by atoms with Crippen molar-refractivity contribution in [3.8, 4) is 0 Å². The van der Waals surface area contributed by atoms with Crippen LogP contribution in [0.15, 0.2) is 0 Å². The molecule has 1 unspecified atom stereocenters. The number of ether oxygens (including phenoxy) is 3. The van der Waals surface area contributed by atoms with Gasteiger partial charge in [0.05, 0.1) is 5.60 Å². The maximum atomic E-state index is 12.1. The van der Waals surface area contributed by atoms with Crippen molar-refractivity contribution in [2.45, 2.75) is 96.2 Å². The summed E-state index contributed by atoms with van der Waals surface area (Å²) in [6.07, 6.45) is 3.67. The Morgan fingerprint density at radius 1 is 0.812 bits per heavy atom. The molecule has 0 saturated heterocycles. The van der Waals surface area contributed by atoms with Gasteiger partial charge in [-0.3, -0.25) is 0 Å². The molecule has 0 aromatic rings. The summed E-state index contributed by atoms with van der Waals surface area (Å²) in [5, 5.41) is 27.7. The molecule has 0 fully saturated rings. The van der Waals surface area contributed by atoms with Crippen LogP contribution in [0.4, 0.5) is 0 Å². The maximum Gasteiger partial charge on any atom is 0.348 e. The second-order valence-electron chi connectivity index (χ2n) is 7.41. The molecule has 0 amide bonds. The molecule has 0 aliphatic rings. The van der Waals surface area contributed by atoms with E-state index in [0.29, 0.717) is 25.7 Å². The van der Waals surface area contributed by atoms with E-state index in [9.17, 15) is 29.7 Å². The van der Waals surface area contributed by atoms with Crippen LogP contribution < -0.4 is 0 Å². The van der Waals surface area contributed by atoms with Gasteiger partial charge in [0.1, 0.15) is 19.8 Å². The fraction of sp³-hybridized carbons (Fsp3) is 0.857. The van der Waals surface area contributed by atoms with Crippen LogP contribution in [0.1, 0.15) is 79.1 Å². The second kappa shape index (κ2) is 16.1. The second-order valence-corrected chi connectivity index (χ2v) is 8.51. The molecule has 2 radical (unpaired) electrons. The third-order valence-electron chi connectivity index (χ3n) is 5.09. The topological polar surface area (TPSA) is 149 Å². The van der Waals surface area contributed by atoms with Gasteiger partial charge in [0.15, 0.2) is 6.10 Å². The number of aliphatic hydroxyl groups excluding tert-OH is 3. The van der Waals surface area contributed by atoms with Crippen molar-refractivity contribution in [1.29, 1.82) is 0 Å². The Morgan fingerprint density at radius 3 is 1.75 bits per heavy atom. The van der Waals surface area contributed by atoms with Crippen LogP contribution in [0.25, 0.3) is 0 Å². The molecule has 1 atom stereocenters. The molecule has 32 heavy (non-hydrogen) atoms. The van der Waals surface area contributed by atoms with Crippen LogP contribution in [0.3, 0.4) is 0 Å². The molecular weight excluding hydrogens is 440 g/mol. The Balaban J connectivity index is 6.33. The Bertz CT molecular complexity index is 547. The number of carbonyl (C=O) groups excluding carboxylic acids is 3. The molecule has 0 spiro atoms. The summed E-state index contributed by atoms with van der Waals surface area (Å²) in [6.45, 7) is 4.88. The number of hydrogen-bond acceptors (Lipinski definition) is 10. The molecule has 0 heterocycles. The smallest absolute Gasteiger partial charge is 0.348 e. The number of carbonyl (C=O) groups is 3. The first-order valence-corrected chi connectivity index (χ1v) is 12.0. The van der Waals surface area contributed by atoms with Gasteiger partial charge < -0.3 is 34.0 Å². The zero-order valence-corrected chi connectivity index (χ0v) is 20.6. The lowest BCUT2D eigenvalue weighted by Gasteiger charge is -2.40. The van der Waals surface area contributed by atoms with Crippen LogP contribution in [0.2, 0.25) is 0 Å². The first-order valence-electron chi connectivity index (χ1n) is 11.1. The van der Waals surface area contributed by atoms with E-state index in [2.05, 4.69) is 0 Å². The minimum absolute atomic E-state index is 0.131. The normalized spacial score (nSPS) is 12.8. The van der Waals surface area contributed by atoms with Crippen molar-refractivity contribution >= 4 is 27.7 Å². The summed E-state index contributed by atoms with van der Waals surface area (Å²) in [5.41, 5.74) is -2.83. The Labute approximate surface area is 192 Å². The van der Waals surface area contributed by atoms with Gasteiger partial charge in [-0.15, -0.1) is 0 Å². The lowest BCUT2D eigenvalue weighted by Crippen LogP contribution is -2.59. The van der Waals surface area contributed by atoms with Gasteiger partial charge in [-0.25, -0.2) is 14.4 Å². The predicted octanol–water partition coefficient (Wildman–Crippen LogP) is 1.19. The summed E-state index contributed by atoms with van der Waals surface area (Å²) < 4.78 is 22.2. The first kappa shape index (κ1) is 30.5. The highest BCUT2D eigenvalue weighted by atomic mass is 28.2. The van der Waals surface area contributed by atoms with Gasteiger partial charge in [0.25, 0.3) is 5.41 Å². The van der Waals surface area contributed by atoms with Crippen LogP contribution in [-0.2, 0) is 33.0 Å². The lowest BCUT2D eigenvalue weighted by atomic mass is 9.92. The van der Waals surface area contributed by atoms with Gasteiger partial charge in [0.2, 0.25) is 0 Å². The van der Waals surface area contributed by atoms with E-state index in [0.717, 1.165) is 19.3 Å². The summed E-state index contributed by atoms with van der Waals surface area (Å²) in [7, 11) is -0.814. The quantitative estimate of drug-likeness (QED) is 0.113. The minimum atomic E-state index is -2.22. The monoisotopic (exact) mass is 478 g/mol. The van der Waals surface area contributed by atoms with Gasteiger partial charge in [-0.2, -0.15) is 0 Å². The van der Waals surface area contributed by atoms with Gasteiger partial charge in [-0.1, -0.05) is 47.0 Å². The summed E-state index contributed by atoms with van der Waals surface area (Å²) in [5.74, 6) is -3.26. The largest absolute Gasteiger partial charge is 0.453 e. The number of esters is 3. The molecular formula is C21H38O10Si. The average Bonchev–Trinajstić information content (AvgIpc) is 2.80. The molecule has 0 bridgehead atoms. The van der Waals surface area contributed by atoms with Crippen molar-refractivity contribution < 1.29 is 48.3 Å². The highest BCUT2D eigenvalue weighted by Crippen LogP contribution is 2.31. The third-order valence-corrected chi connectivity index (χ3v) is 6.44. The number of unbranched alkanes of at least 4 members (excludes halogenated alkanes) is 2. The Morgan fingerprint density at radius 2 is 1.34 bits per heavy atom. The van der Waals surface area contributed by atoms with Crippen molar-refractivity contribution in [3.63, 3.8) is 0 Å². The van der Waals surface area contributed by atoms with E-state index >= 15 is 0 Å². The molecule has 0 aromatic heterocycles. The number of hydrogen-bond donors (Lipinski definition) is 3. The summed E-state index contributed by atoms with van der Waals surface area (Å²) >= 11 is 0. The van der Waals surface area contributed by atoms with Crippen LogP contribution >= 0.6 is 0 Å². The van der Waals surface area contributed by atoms with Crippen LogP contribution in [0.5, 0.6) is 0 Å². The lowest BCUT2D eigenvalue weighted by molar-refractivity contribution is -0.241. The molecule has 0 aliphatic carbocycles. The SMILES string of the molecule is CCCCCC(OC(=O)CO)C(OC(=O)CO)(OC(=O)CO)[Si]OC(CC)(CC)CCC. The summed E-state index contributed by atoms with van der Waals surface area (Å²) in [6, 6.07) is 0. The first-order chi connectivity index (χ1) is 15.2. The molecule has 0 aromatic carbocycles. The van der Waals surface area contributed by atoms with Crippen molar-refractivity contribution in [3.05, 3.63) is 0 Å². The van der Waals surface area contributed by atoms with E-state index in [-0.39, 0.29) is 6.42 Å². The van der Waals surface area contributed by atoms with Crippen molar-refractivity contribution in [1.82, 2.24) is 0 Å². The standard InChI is InChI=1S/C21H38O10Si/c1-5-9-10-11-16(28-17(25)13-22)21(29-18(26)14-23,30-19(27)15-24)32-31-20(7-3,8-4)12-6-2/h16,22-24H,5-15H2,1-4H3. The van der Waals surface area contributed by atoms with E-state index in [4.69, 9.17) is 18.6 Å². The van der Waals surface area contributed by atoms with Crippen molar-refractivity contribution in [2.75, 3.05) is 19.8 Å². The van der Waals surface area contributed by atoms with Crippen molar-refractivity contribution in [2.24, 2.45) is 0 Å². The van der Waals surface area contributed by atoms with E-state index in [1.54, 1.807) is 0 Å². The molecule has 186 valence electrons. The minimum Gasteiger partial charge on any atom is -0.453 e. The van der Waals surface area contributed by atoms with Gasteiger partial charge in [-0.05, 0) is 32.1 Å². The van der Waals surface area contributed by atoms with E-state index in [1.165, 1.54) is 0 Å². The fourth-order valence-corrected chi connectivity index (χ4v) is 4.59.